The third kappa shape index (κ3) is 5.09. The number of nitrogens with zero attached hydrogens (tertiary/aromatic N) is 4. The summed E-state index contributed by atoms with van der Waals surface area (Å²) in [5.41, 5.74) is 5.47. The molecule has 2 N–H and O–H groups in total. The molecule has 6 heteroatoms. The van der Waals surface area contributed by atoms with Crippen molar-refractivity contribution in [2.24, 2.45) is 0 Å². The van der Waals surface area contributed by atoms with Crippen molar-refractivity contribution >= 4 is 11.0 Å². The molecule has 150 valence electrons. The predicted octanol–water partition coefficient (Wildman–Crippen LogP) is 2.53. The van der Waals surface area contributed by atoms with Gasteiger partial charge in [-0.05, 0) is 31.0 Å². The van der Waals surface area contributed by atoms with Gasteiger partial charge in [0, 0.05) is 51.7 Å². The largest absolute Gasteiger partial charge is 0.395 e. The minimum Gasteiger partial charge on any atom is -0.395 e. The van der Waals surface area contributed by atoms with Crippen LogP contribution in [0.1, 0.15) is 25.8 Å². The highest BCUT2D eigenvalue weighted by atomic mass is 16.3. The SMILES string of the molecule is C/C=C(NCc1ccc2nccnc2c1)\C(=C/CC)N1CCN(CCO)CC1. The molecule has 6 nitrogen and oxygen atoms in total. The quantitative estimate of drug-likeness (QED) is 0.685. The Kier molecular flexibility index (Phi) is 7.39. The lowest BCUT2D eigenvalue weighted by Crippen LogP contribution is -2.47. The van der Waals surface area contributed by atoms with Crippen LogP contribution in [0.3, 0.4) is 0 Å². The molecule has 0 saturated carbocycles. The van der Waals surface area contributed by atoms with Gasteiger partial charge in [-0.25, -0.2) is 0 Å². The van der Waals surface area contributed by atoms with Gasteiger partial charge in [-0.3, -0.25) is 14.9 Å². The van der Waals surface area contributed by atoms with Crippen LogP contribution in [-0.2, 0) is 6.54 Å². The molecule has 1 aliphatic heterocycles. The zero-order valence-corrected chi connectivity index (χ0v) is 16.9. The van der Waals surface area contributed by atoms with Crippen LogP contribution >= 0.6 is 0 Å². The van der Waals surface area contributed by atoms with Crippen LogP contribution in [0.25, 0.3) is 11.0 Å². The Morgan fingerprint density at radius 2 is 1.89 bits per heavy atom. The van der Waals surface area contributed by atoms with Crippen LogP contribution in [0.5, 0.6) is 0 Å². The van der Waals surface area contributed by atoms with E-state index in [1.165, 1.54) is 11.3 Å². The molecule has 1 aromatic heterocycles. The molecule has 0 atom stereocenters. The van der Waals surface area contributed by atoms with E-state index in [2.05, 4.69) is 63.2 Å². The van der Waals surface area contributed by atoms with Crippen molar-refractivity contribution in [2.75, 3.05) is 39.3 Å². The van der Waals surface area contributed by atoms with Gasteiger partial charge in [-0.15, -0.1) is 0 Å². The van der Waals surface area contributed by atoms with E-state index in [9.17, 15) is 0 Å². The zero-order chi connectivity index (χ0) is 19.8. The molecule has 0 aliphatic carbocycles. The summed E-state index contributed by atoms with van der Waals surface area (Å²) in [4.78, 5) is 13.5. The van der Waals surface area contributed by atoms with Crippen molar-refractivity contribution in [1.82, 2.24) is 25.1 Å². The number of aromatic nitrogens is 2. The maximum Gasteiger partial charge on any atom is 0.0890 e. The first-order chi connectivity index (χ1) is 13.7. The van der Waals surface area contributed by atoms with Gasteiger partial charge in [-0.2, -0.15) is 0 Å². The summed E-state index contributed by atoms with van der Waals surface area (Å²) in [7, 11) is 0. The fraction of sp³-hybridized carbons (Fsp3) is 0.455. The fourth-order valence-electron chi connectivity index (χ4n) is 3.61. The summed E-state index contributed by atoms with van der Waals surface area (Å²) in [6.07, 6.45) is 8.91. The number of nitrogens with one attached hydrogen (secondary N) is 1. The first-order valence-electron chi connectivity index (χ1n) is 10.1. The van der Waals surface area contributed by atoms with E-state index in [1.807, 2.05) is 6.07 Å². The number of hydrogen-bond donors (Lipinski definition) is 2. The molecule has 28 heavy (non-hydrogen) atoms. The average Bonchev–Trinajstić information content (AvgIpc) is 2.74. The second-order valence-corrected chi connectivity index (χ2v) is 6.99. The van der Waals surface area contributed by atoms with E-state index in [-0.39, 0.29) is 6.61 Å². The Hall–Kier alpha value is -2.44. The molecule has 2 heterocycles. The highest BCUT2D eigenvalue weighted by Crippen LogP contribution is 2.18. The number of aliphatic hydroxyl groups is 1. The molecule has 0 spiro atoms. The fourth-order valence-corrected chi connectivity index (χ4v) is 3.61. The highest BCUT2D eigenvalue weighted by Gasteiger charge is 2.20. The Morgan fingerprint density at radius 3 is 2.57 bits per heavy atom. The highest BCUT2D eigenvalue weighted by molar-refractivity contribution is 5.74. The van der Waals surface area contributed by atoms with Crippen molar-refractivity contribution in [2.45, 2.75) is 26.8 Å². The monoisotopic (exact) mass is 381 g/mol. The van der Waals surface area contributed by atoms with E-state index in [1.54, 1.807) is 12.4 Å². The lowest BCUT2D eigenvalue weighted by atomic mass is 10.1. The van der Waals surface area contributed by atoms with Crippen molar-refractivity contribution in [3.63, 3.8) is 0 Å². The Balaban J connectivity index is 1.66. The molecule has 1 saturated heterocycles. The molecule has 3 rings (SSSR count). The minimum absolute atomic E-state index is 0.232. The van der Waals surface area contributed by atoms with Gasteiger partial charge in [0.15, 0.2) is 0 Å². The van der Waals surface area contributed by atoms with Gasteiger partial charge in [0.25, 0.3) is 0 Å². The summed E-state index contributed by atoms with van der Waals surface area (Å²) in [5.74, 6) is 0. The summed E-state index contributed by atoms with van der Waals surface area (Å²) in [5, 5.41) is 12.8. The number of hydrogen-bond acceptors (Lipinski definition) is 6. The molecule has 1 fully saturated rings. The van der Waals surface area contributed by atoms with Gasteiger partial charge in [-0.1, -0.05) is 25.1 Å². The Labute approximate surface area is 167 Å². The standard InChI is InChI=1S/C22H31N5O/c1-3-5-22(27-12-10-26(11-13-27)14-15-28)19(4-2)25-17-18-6-7-20-21(16-18)24-9-8-23-20/h4-9,16,25,28H,3,10-15,17H2,1-2H3/b19-4+,22-5+. The number of rotatable bonds is 8. The van der Waals surface area contributed by atoms with Gasteiger partial charge in [0.1, 0.15) is 0 Å². The number of aliphatic hydroxyl groups excluding tert-OH is 1. The van der Waals surface area contributed by atoms with Crippen molar-refractivity contribution in [3.8, 4) is 0 Å². The molecule has 0 bridgehead atoms. The lowest BCUT2D eigenvalue weighted by molar-refractivity contribution is 0.132. The molecule has 0 unspecified atom stereocenters. The third-order valence-electron chi connectivity index (χ3n) is 5.11. The van der Waals surface area contributed by atoms with E-state index in [4.69, 9.17) is 5.11 Å². The van der Waals surface area contributed by atoms with Gasteiger partial charge < -0.3 is 15.3 Å². The number of fused-ring (bicyclic) bond motifs is 1. The van der Waals surface area contributed by atoms with E-state index in [0.717, 1.165) is 62.4 Å². The summed E-state index contributed by atoms with van der Waals surface area (Å²) < 4.78 is 0. The second kappa shape index (κ2) is 10.2. The molecular formula is C22H31N5O. The second-order valence-electron chi connectivity index (χ2n) is 6.99. The van der Waals surface area contributed by atoms with Gasteiger partial charge in [0.2, 0.25) is 0 Å². The maximum atomic E-state index is 9.15. The third-order valence-corrected chi connectivity index (χ3v) is 5.11. The van der Waals surface area contributed by atoms with Crippen molar-refractivity contribution in [3.05, 3.63) is 59.7 Å². The summed E-state index contributed by atoms with van der Waals surface area (Å²) in [6.45, 7) is 9.95. The van der Waals surface area contributed by atoms with Crippen LogP contribution in [0.15, 0.2) is 54.1 Å². The van der Waals surface area contributed by atoms with Crippen molar-refractivity contribution < 1.29 is 5.11 Å². The molecular weight excluding hydrogens is 350 g/mol. The van der Waals surface area contributed by atoms with E-state index in [0.29, 0.717) is 0 Å². The maximum absolute atomic E-state index is 9.15. The van der Waals surface area contributed by atoms with Crippen LogP contribution < -0.4 is 5.32 Å². The lowest BCUT2D eigenvalue weighted by Gasteiger charge is -2.38. The Bertz CT molecular complexity index is 825. The topological polar surface area (TPSA) is 64.5 Å². The smallest absolute Gasteiger partial charge is 0.0890 e. The van der Waals surface area contributed by atoms with Crippen LogP contribution in [0, 0.1) is 0 Å². The zero-order valence-electron chi connectivity index (χ0n) is 16.9. The number of β-amino-alcohol motifs (C(OH)–C–C–N with tert-alkyl or cyclic N) is 1. The first-order valence-corrected chi connectivity index (χ1v) is 10.1. The number of allylic oxidation sites excluding steroid dienone is 2. The van der Waals surface area contributed by atoms with E-state index >= 15 is 0 Å². The normalized spacial score (nSPS) is 16.6. The Morgan fingerprint density at radius 1 is 1.14 bits per heavy atom. The minimum atomic E-state index is 0.232. The van der Waals surface area contributed by atoms with Crippen molar-refractivity contribution in [1.29, 1.82) is 0 Å². The van der Waals surface area contributed by atoms with Crippen LogP contribution in [0.2, 0.25) is 0 Å². The summed E-state index contributed by atoms with van der Waals surface area (Å²) >= 11 is 0. The predicted molar refractivity (Wildman–Crippen MR) is 114 cm³/mol. The number of piperazine rings is 1. The average molecular weight is 382 g/mol. The molecule has 0 amide bonds. The van der Waals surface area contributed by atoms with E-state index < -0.39 is 0 Å². The molecule has 0 radical (unpaired) electrons. The molecule has 1 aliphatic rings. The van der Waals surface area contributed by atoms with Crippen LogP contribution in [-0.4, -0.2) is 64.2 Å². The molecule has 1 aromatic carbocycles. The van der Waals surface area contributed by atoms with Gasteiger partial charge in [0.05, 0.1) is 29.0 Å². The van der Waals surface area contributed by atoms with Gasteiger partial charge >= 0.3 is 0 Å². The molecule has 2 aromatic rings. The first kappa shape index (κ1) is 20.3. The summed E-state index contributed by atoms with van der Waals surface area (Å²) in [6, 6.07) is 6.23. The van der Waals surface area contributed by atoms with Crippen LogP contribution in [0.4, 0.5) is 0 Å². The number of benzene rings is 1.